The molecule has 44 valence electrons. The van der Waals surface area contributed by atoms with Gasteiger partial charge in [0.2, 0.25) is 0 Å². The monoisotopic (exact) mass is 110 g/mol. The SMILES string of the molecule is CC[N+]1=CCC=C1C. The van der Waals surface area contributed by atoms with E-state index in [1.807, 2.05) is 0 Å². The van der Waals surface area contributed by atoms with E-state index in [0.29, 0.717) is 0 Å². The molecule has 0 aromatic heterocycles. The first kappa shape index (κ1) is 5.54. The van der Waals surface area contributed by atoms with Gasteiger partial charge in [-0.1, -0.05) is 0 Å². The molecule has 0 bridgehead atoms. The first-order chi connectivity index (χ1) is 3.84. The molecule has 0 unspecified atom stereocenters. The van der Waals surface area contributed by atoms with Crippen molar-refractivity contribution in [2.45, 2.75) is 20.3 Å². The summed E-state index contributed by atoms with van der Waals surface area (Å²) in [6.45, 7) is 5.43. The van der Waals surface area contributed by atoms with Crippen molar-refractivity contribution in [2.75, 3.05) is 6.54 Å². The van der Waals surface area contributed by atoms with Crippen LogP contribution < -0.4 is 0 Å². The maximum Gasteiger partial charge on any atom is 0.174 e. The lowest BCUT2D eigenvalue weighted by Gasteiger charge is -1.89. The zero-order valence-corrected chi connectivity index (χ0v) is 5.52. The minimum absolute atomic E-state index is 1.11. The molecule has 0 amide bonds. The van der Waals surface area contributed by atoms with E-state index < -0.39 is 0 Å². The van der Waals surface area contributed by atoms with Crippen molar-refractivity contribution in [3.63, 3.8) is 0 Å². The molecule has 0 aromatic carbocycles. The maximum absolute atomic E-state index is 2.26. The third-order valence-corrected chi connectivity index (χ3v) is 1.53. The van der Waals surface area contributed by atoms with Crippen LogP contribution in [-0.2, 0) is 0 Å². The zero-order chi connectivity index (χ0) is 5.98. The third kappa shape index (κ3) is 0.808. The summed E-state index contributed by atoms with van der Waals surface area (Å²) in [6, 6.07) is 0. The van der Waals surface area contributed by atoms with Crippen molar-refractivity contribution in [3.8, 4) is 0 Å². The molecule has 0 aromatic rings. The topological polar surface area (TPSA) is 3.01 Å². The fourth-order valence-electron chi connectivity index (χ4n) is 0.990. The summed E-state index contributed by atoms with van der Waals surface area (Å²) in [5.74, 6) is 0. The highest BCUT2D eigenvalue weighted by Crippen LogP contribution is 2.02. The Morgan fingerprint density at radius 2 is 2.50 bits per heavy atom. The van der Waals surface area contributed by atoms with Gasteiger partial charge in [-0.25, -0.2) is 4.58 Å². The van der Waals surface area contributed by atoms with E-state index in [2.05, 4.69) is 30.7 Å². The van der Waals surface area contributed by atoms with Gasteiger partial charge in [0.1, 0.15) is 12.8 Å². The van der Waals surface area contributed by atoms with E-state index >= 15 is 0 Å². The van der Waals surface area contributed by atoms with Crippen LogP contribution >= 0.6 is 0 Å². The fraction of sp³-hybridized carbons (Fsp3) is 0.571. The molecule has 0 radical (unpaired) electrons. The van der Waals surface area contributed by atoms with Crippen LogP contribution in [0.3, 0.4) is 0 Å². The Hall–Kier alpha value is -0.590. The largest absolute Gasteiger partial charge is 0.207 e. The summed E-state index contributed by atoms with van der Waals surface area (Å²) >= 11 is 0. The van der Waals surface area contributed by atoms with E-state index in [9.17, 15) is 0 Å². The molecule has 1 heteroatoms. The lowest BCUT2D eigenvalue weighted by Crippen LogP contribution is -2.04. The van der Waals surface area contributed by atoms with Gasteiger partial charge >= 0.3 is 0 Å². The second kappa shape index (κ2) is 2.12. The van der Waals surface area contributed by atoms with Crippen LogP contribution in [0.1, 0.15) is 20.3 Å². The van der Waals surface area contributed by atoms with E-state index in [4.69, 9.17) is 0 Å². The molecule has 1 nitrogen and oxygen atoms in total. The molecule has 0 fully saturated rings. The van der Waals surface area contributed by atoms with Crippen molar-refractivity contribution in [1.82, 2.24) is 0 Å². The van der Waals surface area contributed by atoms with Crippen LogP contribution in [0.2, 0.25) is 0 Å². The summed E-state index contributed by atoms with van der Waals surface area (Å²) < 4.78 is 2.26. The lowest BCUT2D eigenvalue weighted by molar-refractivity contribution is -0.464. The van der Waals surface area contributed by atoms with Crippen LogP contribution in [0.4, 0.5) is 0 Å². The van der Waals surface area contributed by atoms with Crippen molar-refractivity contribution in [2.24, 2.45) is 0 Å². The standard InChI is InChI=1S/C7H12N/c1-3-8-6-4-5-7(8)2/h5-6H,3-4H2,1-2H3/q+1. The molecule has 8 heavy (non-hydrogen) atoms. The summed E-state index contributed by atoms with van der Waals surface area (Å²) in [7, 11) is 0. The van der Waals surface area contributed by atoms with Gasteiger partial charge < -0.3 is 0 Å². The Morgan fingerprint density at radius 3 is 2.75 bits per heavy atom. The minimum atomic E-state index is 1.11. The summed E-state index contributed by atoms with van der Waals surface area (Å²) in [4.78, 5) is 0. The quantitative estimate of drug-likeness (QED) is 0.449. The van der Waals surface area contributed by atoms with Gasteiger partial charge in [-0.15, -0.1) is 0 Å². The highest BCUT2D eigenvalue weighted by molar-refractivity contribution is 5.56. The molecule has 0 spiro atoms. The van der Waals surface area contributed by atoms with Crippen LogP contribution in [0, 0.1) is 0 Å². The Labute approximate surface area is 50.3 Å². The molecule has 0 saturated heterocycles. The molecule has 0 aliphatic carbocycles. The van der Waals surface area contributed by atoms with Crippen molar-refractivity contribution >= 4 is 6.21 Å². The highest BCUT2D eigenvalue weighted by atomic mass is 15.0. The molecule has 1 aliphatic heterocycles. The number of nitrogens with zero attached hydrogens (tertiary/aromatic N) is 1. The molecule has 0 N–H and O–H groups in total. The summed E-state index contributed by atoms with van der Waals surface area (Å²) in [5, 5.41) is 0. The van der Waals surface area contributed by atoms with Gasteiger partial charge in [-0.05, 0) is 13.0 Å². The van der Waals surface area contributed by atoms with E-state index in [1.165, 1.54) is 5.70 Å². The lowest BCUT2D eigenvalue weighted by atomic mass is 10.4. The van der Waals surface area contributed by atoms with Gasteiger partial charge in [0.05, 0.1) is 0 Å². The normalized spacial score (nSPS) is 18.2. The third-order valence-electron chi connectivity index (χ3n) is 1.53. The fourth-order valence-corrected chi connectivity index (χ4v) is 0.990. The van der Waals surface area contributed by atoms with E-state index in [-0.39, 0.29) is 0 Å². The molecule has 1 rings (SSSR count). The number of hydrogen-bond acceptors (Lipinski definition) is 0. The minimum Gasteiger partial charge on any atom is -0.207 e. The smallest absolute Gasteiger partial charge is 0.174 e. The molecular formula is C7H12N+. The van der Waals surface area contributed by atoms with Gasteiger partial charge in [0, 0.05) is 13.3 Å². The van der Waals surface area contributed by atoms with Crippen LogP contribution in [-0.4, -0.2) is 17.3 Å². The van der Waals surface area contributed by atoms with Crippen LogP contribution in [0.15, 0.2) is 11.8 Å². The van der Waals surface area contributed by atoms with Gasteiger partial charge in [-0.2, -0.15) is 0 Å². The predicted molar refractivity (Wildman–Crippen MR) is 35.2 cm³/mol. The van der Waals surface area contributed by atoms with Crippen LogP contribution in [0.5, 0.6) is 0 Å². The van der Waals surface area contributed by atoms with Gasteiger partial charge in [0.15, 0.2) is 5.70 Å². The van der Waals surface area contributed by atoms with Crippen LogP contribution in [0.25, 0.3) is 0 Å². The second-order valence-electron chi connectivity index (χ2n) is 2.05. The Kier molecular flexibility index (Phi) is 1.47. The van der Waals surface area contributed by atoms with E-state index in [0.717, 1.165) is 13.0 Å². The first-order valence-corrected chi connectivity index (χ1v) is 3.11. The molecular weight excluding hydrogens is 98.1 g/mol. The molecule has 1 heterocycles. The second-order valence-corrected chi connectivity index (χ2v) is 2.05. The first-order valence-electron chi connectivity index (χ1n) is 3.11. The van der Waals surface area contributed by atoms with Crippen molar-refractivity contribution in [1.29, 1.82) is 0 Å². The predicted octanol–water partition coefficient (Wildman–Crippen LogP) is 1.40. The van der Waals surface area contributed by atoms with E-state index in [1.54, 1.807) is 0 Å². The summed E-state index contributed by atoms with van der Waals surface area (Å²) in [5.41, 5.74) is 1.40. The zero-order valence-electron chi connectivity index (χ0n) is 5.52. The average Bonchev–Trinajstić information content (AvgIpc) is 2.14. The molecule has 1 aliphatic rings. The molecule has 0 atom stereocenters. The van der Waals surface area contributed by atoms with Gasteiger partial charge in [-0.3, -0.25) is 0 Å². The average molecular weight is 110 g/mol. The summed E-state index contributed by atoms with van der Waals surface area (Å²) in [6.07, 6.45) is 5.58. The van der Waals surface area contributed by atoms with Gasteiger partial charge in [0.25, 0.3) is 0 Å². The molecule has 0 saturated carbocycles. The van der Waals surface area contributed by atoms with Crippen molar-refractivity contribution in [3.05, 3.63) is 11.8 Å². The maximum atomic E-state index is 2.26. The Bertz CT molecular complexity index is 142. The number of hydrogen-bond donors (Lipinski definition) is 0. The Balaban J connectivity index is 2.66. The highest BCUT2D eigenvalue weighted by Gasteiger charge is 2.08. The Morgan fingerprint density at radius 1 is 1.75 bits per heavy atom. The van der Waals surface area contributed by atoms with Crippen molar-refractivity contribution < 1.29 is 4.58 Å². The number of rotatable bonds is 1. The number of allylic oxidation sites excluding steroid dienone is 2.